The number of hydrogen-bond acceptors (Lipinski definition) is 5. The minimum Gasteiger partial charge on any atom is -0.486 e. The number of nitriles is 2. The van der Waals surface area contributed by atoms with Crippen LogP contribution in [0.3, 0.4) is 0 Å². The lowest BCUT2D eigenvalue weighted by molar-refractivity contribution is 0.302. The second-order valence-corrected chi connectivity index (χ2v) is 9.71. The van der Waals surface area contributed by atoms with Crippen molar-refractivity contribution in [3.63, 3.8) is 0 Å². The summed E-state index contributed by atoms with van der Waals surface area (Å²) < 4.78 is 13.4. The molecular weight excluding hydrogens is 570 g/mol. The minimum atomic E-state index is -0.408. The zero-order valence-corrected chi connectivity index (χ0v) is 21.4. The lowest BCUT2D eigenvalue weighted by Crippen LogP contribution is -2.21. The lowest BCUT2D eigenvalue weighted by atomic mass is 9.82. The molecule has 4 aromatic rings. The van der Waals surface area contributed by atoms with Crippen LogP contribution in [0.1, 0.15) is 28.2 Å². The smallest absolute Gasteiger partial charge is 0.205 e. The third-order valence-electron chi connectivity index (χ3n) is 5.97. The van der Waals surface area contributed by atoms with Crippen LogP contribution in [0, 0.1) is 22.7 Å². The largest absolute Gasteiger partial charge is 0.486 e. The number of ether oxygens (including phenoxy) is 2. The van der Waals surface area contributed by atoms with E-state index in [1.165, 1.54) is 0 Å². The molecule has 0 spiro atoms. The van der Waals surface area contributed by atoms with Crippen molar-refractivity contribution in [2.75, 3.05) is 0 Å². The monoisotopic (exact) mass is 585 g/mol. The number of benzene rings is 4. The highest BCUT2D eigenvalue weighted by atomic mass is 79.9. The summed E-state index contributed by atoms with van der Waals surface area (Å²) in [6.07, 6.45) is 0. The van der Waals surface area contributed by atoms with E-state index in [1.807, 2.05) is 66.7 Å². The normalized spacial score (nSPS) is 14.6. The third-order valence-corrected chi connectivity index (χ3v) is 7.15. The molecule has 0 radical (unpaired) electrons. The maximum Gasteiger partial charge on any atom is 0.205 e. The lowest BCUT2D eigenvalue weighted by Gasteiger charge is -2.28. The molecule has 0 aliphatic carbocycles. The van der Waals surface area contributed by atoms with Gasteiger partial charge in [-0.1, -0.05) is 54.6 Å². The highest BCUT2D eigenvalue weighted by molar-refractivity contribution is 9.11. The van der Waals surface area contributed by atoms with E-state index in [-0.39, 0.29) is 12.5 Å². The summed E-state index contributed by atoms with van der Waals surface area (Å²) >= 11 is 7.26. The van der Waals surface area contributed by atoms with E-state index in [0.717, 1.165) is 27.5 Å². The Morgan fingerprint density at radius 1 is 0.914 bits per heavy atom. The number of nitrogens with zero attached hydrogens (tertiary/aromatic N) is 2. The van der Waals surface area contributed by atoms with Gasteiger partial charge in [0.25, 0.3) is 0 Å². The Morgan fingerprint density at radius 2 is 1.63 bits per heavy atom. The van der Waals surface area contributed by atoms with E-state index in [4.69, 9.17) is 15.2 Å². The van der Waals surface area contributed by atoms with Gasteiger partial charge in [0.05, 0.1) is 26.5 Å². The van der Waals surface area contributed by atoms with Crippen LogP contribution in [0.4, 0.5) is 0 Å². The maximum atomic E-state index is 9.94. The Bertz CT molecular complexity index is 1580. The van der Waals surface area contributed by atoms with Crippen LogP contribution in [0.25, 0.3) is 10.8 Å². The van der Waals surface area contributed by atoms with Gasteiger partial charge in [-0.05, 0) is 61.0 Å². The van der Waals surface area contributed by atoms with E-state index in [1.54, 1.807) is 6.07 Å². The first-order valence-corrected chi connectivity index (χ1v) is 12.3. The topological polar surface area (TPSA) is 92.1 Å². The van der Waals surface area contributed by atoms with Crippen molar-refractivity contribution in [1.82, 2.24) is 0 Å². The quantitative estimate of drug-likeness (QED) is 0.277. The molecule has 5 rings (SSSR count). The summed E-state index contributed by atoms with van der Waals surface area (Å²) in [4.78, 5) is 0. The van der Waals surface area contributed by atoms with Gasteiger partial charge < -0.3 is 15.2 Å². The molecule has 0 amide bonds. The third kappa shape index (κ3) is 4.14. The Balaban J connectivity index is 1.57. The van der Waals surface area contributed by atoms with Gasteiger partial charge in [-0.15, -0.1) is 0 Å². The second-order valence-electron chi connectivity index (χ2n) is 8.00. The van der Waals surface area contributed by atoms with Crippen LogP contribution in [-0.2, 0) is 6.61 Å². The van der Waals surface area contributed by atoms with E-state index < -0.39 is 5.92 Å². The van der Waals surface area contributed by atoms with Crippen molar-refractivity contribution < 1.29 is 9.47 Å². The van der Waals surface area contributed by atoms with Crippen LogP contribution in [-0.4, -0.2) is 0 Å². The SMILES string of the molecule is N#CC1=C(N)Oc2c(ccc3ccccc23)C1c1cc(Br)c(OCc2ccccc2C#N)c(Br)c1. The van der Waals surface area contributed by atoms with Crippen molar-refractivity contribution in [1.29, 1.82) is 10.5 Å². The first-order chi connectivity index (χ1) is 17.0. The molecule has 1 unspecified atom stereocenters. The fourth-order valence-electron chi connectivity index (χ4n) is 4.32. The number of nitrogens with two attached hydrogens (primary N) is 1. The van der Waals surface area contributed by atoms with Gasteiger partial charge in [0.15, 0.2) is 0 Å². The molecule has 2 N–H and O–H groups in total. The summed E-state index contributed by atoms with van der Waals surface area (Å²) in [5.41, 5.74) is 9.67. The number of rotatable bonds is 4. The zero-order chi connectivity index (χ0) is 24.5. The fourth-order valence-corrected chi connectivity index (χ4v) is 5.77. The molecule has 1 heterocycles. The second kappa shape index (κ2) is 9.46. The number of allylic oxidation sites excluding steroid dienone is 1. The molecule has 35 heavy (non-hydrogen) atoms. The van der Waals surface area contributed by atoms with E-state index >= 15 is 0 Å². The molecule has 7 heteroatoms. The van der Waals surface area contributed by atoms with Gasteiger partial charge in [-0.25, -0.2) is 0 Å². The van der Waals surface area contributed by atoms with Crippen molar-refractivity contribution in [2.24, 2.45) is 5.73 Å². The summed E-state index contributed by atoms with van der Waals surface area (Å²) in [5.74, 6) is 0.949. The first kappa shape index (κ1) is 23.0. The van der Waals surface area contributed by atoms with Crippen molar-refractivity contribution in [3.05, 3.63) is 115 Å². The number of halogens is 2. The Kier molecular flexibility index (Phi) is 6.21. The average molecular weight is 587 g/mol. The highest BCUT2D eigenvalue weighted by Crippen LogP contribution is 2.47. The van der Waals surface area contributed by atoms with E-state index in [0.29, 0.717) is 31.6 Å². The molecular formula is C28H17Br2N3O2. The summed E-state index contributed by atoms with van der Waals surface area (Å²) in [7, 11) is 0. The van der Waals surface area contributed by atoms with Gasteiger partial charge in [0, 0.05) is 16.5 Å². The van der Waals surface area contributed by atoms with Gasteiger partial charge in [0.1, 0.15) is 29.7 Å². The molecule has 5 nitrogen and oxygen atoms in total. The van der Waals surface area contributed by atoms with Crippen LogP contribution < -0.4 is 15.2 Å². The standard InChI is InChI=1S/C28H17Br2N3O2/c29-23-11-19(12-24(30)27(23)34-15-18-7-2-1-6-17(18)13-31)25-21-10-9-16-5-3-4-8-20(16)26(21)35-28(33)22(25)14-32/h1-12,25H,15,33H2. The molecule has 0 bridgehead atoms. The van der Waals surface area contributed by atoms with Gasteiger partial charge in [-0.3, -0.25) is 0 Å². The predicted molar refractivity (Wildman–Crippen MR) is 141 cm³/mol. The molecule has 1 atom stereocenters. The molecule has 170 valence electrons. The molecule has 4 aromatic carbocycles. The van der Waals surface area contributed by atoms with Gasteiger partial charge in [-0.2, -0.15) is 10.5 Å². The van der Waals surface area contributed by atoms with E-state index in [2.05, 4.69) is 44.0 Å². The maximum absolute atomic E-state index is 9.94. The highest BCUT2D eigenvalue weighted by Gasteiger charge is 2.32. The van der Waals surface area contributed by atoms with Crippen molar-refractivity contribution in [3.8, 4) is 23.6 Å². The molecule has 0 aromatic heterocycles. The fraction of sp³-hybridized carbons (Fsp3) is 0.0714. The molecule has 0 saturated carbocycles. The van der Waals surface area contributed by atoms with Gasteiger partial charge >= 0.3 is 0 Å². The Hall–Kier alpha value is -3.78. The predicted octanol–water partition coefficient (Wildman–Crippen LogP) is 7.03. The molecule has 1 aliphatic rings. The molecule has 0 fully saturated rings. The molecule has 0 saturated heterocycles. The number of hydrogen-bond donors (Lipinski definition) is 1. The van der Waals surface area contributed by atoms with Crippen molar-refractivity contribution >= 4 is 42.6 Å². The Morgan fingerprint density at radius 3 is 2.37 bits per heavy atom. The van der Waals surface area contributed by atoms with Crippen LogP contribution in [0.5, 0.6) is 11.5 Å². The van der Waals surface area contributed by atoms with Crippen LogP contribution in [0.2, 0.25) is 0 Å². The minimum absolute atomic E-state index is 0.0991. The summed E-state index contributed by atoms with van der Waals surface area (Å²) in [6, 6.07) is 27.5. The van der Waals surface area contributed by atoms with Gasteiger partial charge in [0.2, 0.25) is 5.88 Å². The number of fused-ring (bicyclic) bond motifs is 3. The zero-order valence-electron chi connectivity index (χ0n) is 18.3. The van der Waals surface area contributed by atoms with Crippen LogP contribution in [0.15, 0.2) is 93.2 Å². The molecule has 1 aliphatic heterocycles. The average Bonchev–Trinajstić information content (AvgIpc) is 2.87. The van der Waals surface area contributed by atoms with E-state index in [9.17, 15) is 10.5 Å². The summed E-state index contributed by atoms with van der Waals surface area (Å²) in [6.45, 7) is 0.239. The Labute approximate surface area is 219 Å². The van der Waals surface area contributed by atoms with Crippen molar-refractivity contribution in [2.45, 2.75) is 12.5 Å². The van der Waals surface area contributed by atoms with Crippen LogP contribution >= 0.6 is 31.9 Å². The first-order valence-electron chi connectivity index (χ1n) is 10.7. The summed E-state index contributed by atoms with van der Waals surface area (Å²) in [5, 5.41) is 21.3.